The van der Waals surface area contributed by atoms with Gasteiger partial charge in [0.05, 0.1) is 5.69 Å². The summed E-state index contributed by atoms with van der Waals surface area (Å²) in [5.41, 5.74) is 1.15. The highest BCUT2D eigenvalue weighted by atomic mass is 16.4. The Kier molecular flexibility index (Phi) is 4.42. The van der Waals surface area contributed by atoms with Crippen molar-refractivity contribution in [3.8, 4) is 0 Å². The van der Waals surface area contributed by atoms with Crippen molar-refractivity contribution < 1.29 is 14.7 Å². The lowest BCUT2D eigenvalue weighted by Gasteiger charge is -2.38. The molecule has 0 radical (unpaired) electrons. The van der Waals surface area contributed by atoms with E-state index in [9.17, 15) is 14.7 Å². The van der Waals surface area contributed by atoms with E-state index in [1.807, 2.05) is 39.8 Å². The number of likely N-dealkylation sites (tertiary alicyclic amines) is 1. The molecule has 0 unspecified atom stereocenters. The van der Waals surface area contributed by atoms with Crippen LogP contribution in [0.1, 0.15) is 55.4 Å². The van der Waals surface area contributed by atoms with Crippen LogP contribution in [0.2, 0.25) is 0 Å². The number of hydrogen-bond donors (Lipinski definition) is 2. The largest absolute Gasteiger partial charge is 0.479 e. The van der Waals surface area contributed by atoms with Crippen molar-refractivity contribution >= 4 is 11.9 Å². The van der Waals surface area contributed by atoms with Crippen LogP contribution in [0.25, 0.3) is 0 Å². The Morgan fingerprint density at radius 2 is 1.92 bits per heavy atom. The second-order valence-corrected chi connectivity index (χ2v) is 8.12. The van der Waals surface area contributed by atoms with Crippen LogP contribution in [0.5, 0.6) is 0 Å². The molecule has 3 rings (SSSR count). The van der Waals surface area contributed by atoms with E-state index in [1.54, 1.807) is 22.0 Å². The van der Waals surface area contributed by atoms with Crippen molar-refractivity contribution in [3.63, 3.8) is 0 Å². The fourth-order valence-corrected chi connectivity index (χ4v) is 3.38. The first-order valence-corrected chi connectivity index (χ1v) is 8.88. The first kappa shape index (κ1) is 18.2. The summed E-state index contributed by atoms with van der Waals surface area (Å²) >= 11 is 0. The maximum absolute atomic E-state index is 12.6. The Morgan fingerprint density at radius 3 is 2.38 bits per heavy atom. The maximum atomic E-state index is 12.6. The Hall–Kier alpha value is -2.57. The summed E-state index contributed by atoms with van der Waals surface area (Å²) in [6.45, 7) is 8.83. The van der Waals surface area contributed by atoms with E-state index in [2.05, 4.69) is 10.1 Å². The molecule has 2 aromatic heterocycles. The van der Waals surface area contributed by atoms with E-state index in [4.69, 9.17) is 0 Å². The van der Waals surface area contributed by atoms with Crippen LogP contribution < -0.4 is 0 Å². The molecule has 2 aromatic rings. The van der Waals surface area contributed by atoms with E-state index >= 15 is 0 Å². The molecule has 0 atom stereocenters. The molecule has 26 heavy (non-hydrogen) atoms. The third-order valence-corrected chi connectivity index (χ3v) is 5.13. The third-order valence-electron chi connectivity index (χ3n) is 5.13. The van der Waals surface area contributed by atoms with Crippen molar-refractivity contribution in [2.24, 2.45) is 0 Å². The fraction of sp³-hybridized carbons (Fsp3) is 0.526. The lowest BCUT2D eigenvalue weighted by molar-refractivity contribution is -0.150. The first-order chi connectivity index (χ1) is 12.1. The molecule has 1 saturated heterocycles. The van der Waals surface area contributed by atoms with Gasteiger partial charge >= 0.3 is 5.97 Å². The number of aromatic amines is 1. The van der Waals surface area contributed by atoms with Crippen molar-refractivity contribution in [1.82, 2.24) is 19.7 Å². The molecular formula is C19H26N4O3. The molecule has 140 valence electrons. The first-order valence-electron chi connectivity index (χ1n) is 8.88. The predicted octanol–water partition coefficient (Wildman–Crippen LogP) is 2.53. The van der Waals surface area contributed by atoms with Crippen LogP contribution in [0.3, 0.4) is 0 Å². The van der Waals surface area contributed by atoms with E-state index < -0.39 is 11.5 Å². The summed E-state index contributed by atoms with van der Waals surface area (Å²) in [4.78, 5) is 29.4. The summed E-state index contributed by atoms with van der Waals surface area (Å²) in [5, 5.41) is 14.5. The summed E-state index contributed by atoms with van der Waals surface area (Å²) in [7, 11) is 0. The van der Waals surface area contributed by atoms with Crippen molar-refractivity contribution in [2.75, 3.05) is 13.1 Å². The van der Waals surface area contributed by atoms with Crippen LogP contribution >= 0.6 is 0 Å². The van der Waals surface area contributed by atoms with Gasteiger partial charge in [-0.05, 0) is 24.6 Å². The zero-order valence-electron chi connectivity index (χ0n) is 15.7. The predicted molar refractivity (Wildman–Crippen MR) is 97.2 cm³/mol. The molecule has 0 spiro atoms. The third kappa shape index (κ3) is 3.13. The maximum Gasteiger partial charge on any atom is 0.331 e. The monoisotopic (exact) mass is 358 g/mol. The van der Waals surface area contributed by atoms with Crippen LogP contribution in [0.4, 0.5) is 0 Å². The van der Waals surface area contributed by atoms with Gasteiger partial charge in [0.15, 0.2) is 5.54 Å². The van der Waals surface area contributed by atoms with Gasteiger partial charge in [0.1, 0.15) is 5.69 Å². The number of nitrogens with zero attached hydrogens (tertiary/aromatic N) is 3. The highest BCUT2D eigenvalue weighted by Crippen LogP contribution is 2.32. The Bertz CT molecular complexity index is 820. The van der Waals surface area contributed by atoms with Gasteiger partial charge in [-0.15, -0.1) is 0 Å². The second kappa shape index (κ2) is 6.30. The van der Waals surface area contributed by atoms with Gasteiger partial charge in [0, 0.05) is 43.7 Å². The molecule has 1 amide bonds. The summed E-state index contributed by atoms with van der Waals surface area (Å²) in [5.74, 6) is -0.989. The Labute approximate surface area is 153 Å². The normalized spacial score (nSPS) is 17.3. The quantitative estimate of drug-likeness (QED) is 0.882. The number of aromatic nitrogens is 3. The van der Waals surface area contributed by atoms with E-state index in [-0.39, 0.29) is 11.3 Å². The van der Waals surface area contributed by atoms with Gasteiger partial charge in [-0.25, -0.2) is 4.79 Å². The number of carboxylic acid groups (broad SMARTS) is 1. The van der Waals surface area contributed by atoms with Crippen molar-refractivity contribution in [3.05, 3.63) is 41.5 Å². The molecule has 0 saturated carbocycles. The minimum atomic E-state index is -1.11. The highest BCUT2D eigenvalue weighted by Gasteiger charge is 2.45. The van der Waals surface area contributed by atoms with Crippen molar-refractivity contribution in [1.29, 1.82) is 0 Å². The van der Waals surface area contributed by atoms with Crippen LogP contribution in [0.15, 0.2) is 24.5 Å². The zero-order valence-corrected chi connectivity index (χ0v) is 15.7. The molecule has 0 aromatic carbocycles. The molecule has 3 heterocycles. The van der Waals surface area contributed by atoms with Crippen LogP contribution in [-0.4, -0.2) is 49.7 Å². The molecule has 0 bridgehead atoms. The fourth-order valence-electron chi connectivity index (χ4n) is 3.38. The van der Waals surface area contributed by atoms with Gasteiger partial charge in [-0.1, -0.05) is 20.8 Å². The molecule has 7 heteroatoms. The number of carbonyl (C=O) groups excluding carboxylic acids is 1. The minimum Gasteiger partial charge on any atom is -0.479 e. The average Bonchev–Trinajstić information content (AvgIpc) is 3.23. The number of aryl methyl sites for hydroxylation is 1. The molecule has 2 N–H and O–H groups in total. The standard InChI is InChI=1S/C19H26N4O3/c1-13-11-14(20-12-13)16(24)22-9-6-19(7-10-22,17(25)26)23-8-5-15(21-23)18(2,3)4/h5,8,11-12,20H,6-7,9-10H2,1-4H3,(H,25,26). The number of nitrogens with one attached hydrogen (secondary N) is 1. The SMILES string of the molecule is Cc1c[nH]c(C(=O)N2CCC(C(=O)O)(n3ccc(C(C)(C)C)n3)CC2)c1. The van der Waals surface area contributed by atoms with Gasteiger partial charge < -0.3 is 15.0 Å². The number of amides is 1. The second-order valence-electron chi connectivity index (χ2n) is 8.12. The average molecular weight is 358 g/mol. The molecule has 1 aliphatic heterocycles. The summed E-state index contributed by atoms with van der Waals surface area (Å²) in [6, 6.07) is 3.69. The van der Waals surface area contributed by atoms with E-state index in [0.29, 0.717) is 31.6 Å². The number of carbonyl (C=O) groups is 2. The van der Waals surface area contributed by atoms with Gasteiger partial charge in [-0.2, -0.15) is 5.10 Å². The molecular weight excluding hydrogens is 332 g/mol. The van der Waals surface area contributed by atoms with Crippen LogP contribution in [0, 0.1) is 6.92 Å². The molecule has 7 nitrogen and oxygen atoms in total. The van der Waals surface area contributed by atoms with Gasteiger partial charge in [-0.3, -0.25) is 9.48 Å². The number of aliphatic carboxylic acids is 1. The number of carboxylic acids is 1. The van der Waals surface area contributed by atoms with Gasteiger partial charge in [0.2, 0.25) is 0 Å². The molecule has 0 aliphatic carbocycles. The number of rotatable bonds is 3. The molecule has 1 aliphatic rings. The Balaban J connectivity index is 1.80. The Morgan fingerprint density at radius 1 is 1.27 bits per heavy atom. The van der Waals surface area contributed by atoms with E-state index in [0.717, 1.165) is 11.3 Å². The highest BCUT2D eigenvalue weighted by molar-refractivity contribution is 5.93. The van der Waals surface area contributed by atoms with Crippen molar-refractivity contribution in [2.45, 2.75) is 51.5 Å². The number of H-pyrrole nitrogens is 1. The minimum absolute atomic E-state index is 0.0899. The number of hydrogen-bond acceptors (Lipinski definition) is 3. The summed E-state index contributed by atoms with van der Waals surface area (Å²) < 4.78 is 1.58. The topological polar surface area (TPSA) is 91.2 Å². The smallest absolute Gasteiger partial charge is 0.331 e. The van der Waals surface area contributed by atoms with Gasteiger partial charge in [0.25, 0.3) is 5.91 Å². The lowest BCUT2D eigenvalue weighted by atomic mass is 9.87. The number of piperidine rings is 1. The lowest BCUT2D eigenvalue weighted by Crippen LogP contribution is -2.52. The van der Waals surface area contributed by atoms with Crippen LogP contribution in [-0.2, 0) is 15.7 Å². The van der Waals surface area contributed by atoms with E-state index in [1.165, 1.54) is 0 Å². The summed E-state index contributed by atoms with van der Waals surface area (Å²) in [6.07, 6.45) is 4.20. The zero-order chi connectivity index (χ0) is 19.1. The molecule has 1 fully saturated rings.